The molecule has 1 aliphatic heterocycles. The summed E-state index contributed by atoms with van der Waals surface area (Å²) in [5, 5.41) is 7.43. The van der Waals surface area contributed by atoms with Gasteiger partial charge in [-0.25, -0.2) is 13.1 Å². The number of para-hydroxylation sites is 2. The molecule has 1 N–H and O–H groups in total. The van der Waals surface area contributed by atoms with Crippen LogP contribution in [0.5, 0.6) is 5.75 Å². The van der Waals surface area contributed by atoms with Crippen LogP contribution in [-0.2, 0) is 10.0 Å². The van der Waals surface area contributed by atoms with Gasteiger partial charge in [-0.3, -0.25) is 0 Å². The maximum Gasteiger partial charge on any atom is 0.246 e. The molecule has 1 atom stereocenters. The van der Waals surface area contributed by atoms with Crippen molar-refractivity contribution in [2.75, 3.05) is 26.7 Å². The number of rotatable bonds is 4. The second-order valence-electron chi connectivity index (χ2n) is 5.51. The van der Waals surface area contributed by atoms with Gasteiger partial charge in [-0.15, -0.1) is 0 Å². The molecule has 0 bridgehead atoms. The van der Waals surface area contributed by atoms with Crippen molar-refractivity contribution in [1.82, 2.24) is 19.4 Å². The Morgan fingerprint density at radius 3 is 2.87 bits per heavy atom. The zero-order valence-electron chi connectivity index (χ0n) is 13.1. The van der Waals surface area contributed by atoms with E-state index in [2.05, 4.69) is 10.4 Å². The Kier molecular flexibility index (Phi) is 4.38. The number of ether oxygens (including phenoxy) is 1. The molecule has 1 saturated heterocycles. The van der Waals surface area contributed by atoms with Crippen molar-refractivity contribution < 1.29 is 13.2 Å². The van der Waals surface area contributed by atoms with E-state index in [0.717, 1.165) is 0 Å². The van der Waals surface area contributed by atoms with Crippen LogP contribution >= 0.6 is 0 Å². The molecule has 3 rings (SSSR count). The van der Waals surface area contributed by atoms with Crippen LogP contribution in [-0.4, -0.2) is 55.3 Å². The largest absolute Gasteiger partial charge is 0.494 e. The number of sulfonamides is 1. The maximum absolute atomic E-state index is 12.7. The number of piperazine rings is 1. The van der Waals surface area contributed by atoms with Gasteiger partial charge in [0.25, 0.3) is 0 Å². The molecule has 0 amide bonds. The first-order valence-electron chi connectivity index (χ1n) is 7.44. The minimum Gasteiger partial charge on any atom is -0.494 e. The van der Waals surface area contributed by atoms with Gasteiger partial charge in [0.2, 0.25) is 10.0 Å². The van der Waals surface area contributed by atoms with E-state index in [-0.39, 0.29) is 10.9 Å². The predicted octanol–water partition coefficient (Wildman–Crippen LogP) is 0.863. The minimum absolute atomic E-state index is 0.141. The number of methoxy groups -OCH3 is 1. The van der Waals surface area contributed by atoms with Gasteiger partial charge in [-0.2, -0.15) is 9.40 Å². The average Bonchev–Trinajstić information content (AvgIpc) is 3.05. The standard InChI is InChI=1S/C15H20N4O3S/c1-12-10-18(8-7-16-12)23(20,21)13-9-17-19(11-13)14-5-3-4-6-15(14)22-2/h3-6,9,11-12,16H,7-8,10H2,1-2H3/t12-/m1/s1. The topological polar surface area (TPSA) is 76.5 Å². The summed E-state index contributed by atoms with van der Waals surface area (Å²) >= 11 is 0. The lowest BCUT2D eigenvalue weighted by Crippen LogP contribution is -2.51. The zero-order valence-corrected chi connectivity index (χ0v) is 14.0. The van der Waals surface area contributed by atoms with Crippen LogP contribution in [0.4, 0.5) is 0 Å². The molecule has 23 heavy (non-hydrogen) atoms. The molecule has 1 fully saturated rings. The zero-order chi connectivity index (χ0) is 16.4. The molecule has 7 nitrogen and oxygen atoms in total. The van der Waals surface area contributed by atoms with E-state index >= 15 is 0 Å². The number of hydrogen-bond donors (Lipinski definition) is 1. The lowest BCUT2D eigenvalue weighted by molar-refractivity contribution is 0.310. The van der Waals surface area contributed by atoms with E-state index in [1.54, 1.807) is 7.11 Å². The van der Waals surface area contributed by atoms with Crippen LogP contribution in [0.3, 0.4) is 0 Å². The molecule has 0 spiro atoms. The first-order valence-corrected chi connectivity index (χ1v) is 8.88. The predicted molar refractivity (Wildman–Crippen MR) is 86.3 cm³/mol. The highest BCUT2D eigenvalue weighted by Crippen LogP contribution is 2.24. The highest BCUT2D eigenvalue weighted by Gasteiger charge is 2.29. The minimum atomic E-state index is -3.53. The van der Waals surface area contributed by atoms with Gasteiger partial charge < -0.3 is 10.1 Å². The fraction of sp³-hybridized carbons (Fsp3) is 0.400. The van der Waals surface area contributed by atoms with Crippen molar-refractivity contribution >= 4 is 10.0 Å². The quantitative estimate of drug-likeness (QED) is 0.896. The monoisotopic (exact) mass is 336 g/mol. The van der Waals surface area contributed by atoms with Crippen molar-refractivity contribution in [3.8, 4) is 11.4 Å². The molecule has 2 heterocycles. The van der Waals surface area contributed by atoms with E-state index < -0.39 is 10.0 Å². The van der Waals surface area contributed by atoms with Crippen LogP contribution in [0, 0.1) is 0 Å². The Balaban J connectivity index is 1.92. The van der Waals surface area contributed by atoms with Gasteiger partial charge >= 0.3 is 0 Å². The number of hydrogen-bond acceptors (Lipinski definition) is 5. The van der Waals surface area contributed by atoms with Gasteiger partial charge in [-0.1, -0.05) is 12.1 Å². The van der Waals surface area contributed by atoms with Crippen LogP contribution in [0.1, 0.15) is 6.92 Å². The number of aromatic nitrogens is 2. The maximum atomic E-state index is 12.7. The number of nitrogens with zero attached hydrogens (tertiary/aromatic N) is 3. The summed E-state index contributed by atoms with van der Waals surface area (Å²) in [6.45, 7) is 3.55. The molecule has 1 aromatic heterocycles. The summed E-state index contributed by atoms with van der Waals surface area (Å²) in [4.78, 5) is 0.192. The molecule has 0 radical (unpaired) electrons. The molecular formula is C15H20N4O3S. The number of benzene rings is 1. The molecule has 1 aromatic carbocycles. The van der Waals surface area contributed by atoms with Gasteiger partial charge in [0.05, 0.1) is 19.5 Å². The first-order chi connectivity index (χ1) is 11.0. The summed E-state index contributed by atoms with van der Waals surface area (Å²) < 4.78 is 33.8. The van der Waals surface area contributed by atoms with Crippen LogP contribution in [0.2, 0.25) is 0 Å². The molecule has 0 aliphatic carbocycles. The Hall–Kier alpha value is -1.90. The van der Waals surface area contributed by atoms with Crippen molar-refractivity contribution in [1.29, 1.82) is 0 Å². The number of nitrogens with one attached hydrogen (secondary N) is 1. The van der Waals surface area contributed by atoms with Gasteiger partial charge in [0.1, 0.15) is 16.3 Å². The molecule has 0 unspecified atom stereocenters. The van der Waals surface area contributed by atoms with Crippen molar-refractivity contribution in [3.05, 3.63) is 36.7 Å². The first kappa shape index (κ1) is 16.0. The third-order valence-electron chi connectivity index (χ3n) is 3.86. The SMILES string of the molecule is COc1ccccc1-n1cc(S(=O)(=O)N2CCN[C@H](C)C2)cn1. The van der Waals surface area contributed by atoms with E-state index in [1.807, 2.05) is 31.2 Å². The molecule has 0 saturated carbocycles. The fourth-order valence-corrected chi connectivity index (χ4v) is 4.12. The third kappa shape index (κ3) is 3.10. The summed E-state index contributed by atoms with van der Waals surface area (Å²) in [5.74, 6) is 0.635. The summed E-state index contributed by atoms with van der Waals surface area (Å²) in [6.07, 6.45) is 2.91. The van der Waals surface area contributed by atoms with E-state index in [9.17, 15) is 8.42 Å². The molecular weight excluding hydrogens is 316 g/mol. The average molecular weight is 336 g/mol. The van der Waals surface area contributed by atoms with E-state index in [0.29, 0.717) is 31.1 Å². The van der Waals surface area contributed by atoms with Crippen molar-refractivity contribution in [2.24, 2.45) is 0 Å². The highest BCUT2D eigenvalue weighted by molar-refractivity contribution is 7.89. The van der Waals surface area contributed by atoms with Crippen molar-refractivity contribution in [2.45, 2.75) is 17.9 Å². The van der Waals surface area contributed by atoms with Crippen molar-refractivity contribution in [3.63, 3.8) is 0 Å². The van der Waals surface area contributed by atoms with Crippen LogP contribution < -0.4 is 10.1 Å². The van der Waals surface area contributed by atoms with Gasteiger partial charge in [0.15, 0.2) is 0 Å². The fourth-order valence-electron chi connectivity index (χ4n) is 2.65. The Morgan fingerprint density at radius 2 is 2.13 bits per heavy atom. The second-order valence-corrected chi connectivity index (χ2v) is 7.45. The Bertz CT molecular complexity index is 788. The Morgan fingerprint density at radius 1 is 1.35 bits per heavy atom. The van der Waals surface area contributed by atoms with Gasteiger partial charge in [-0.05, 0) is 19.1 Å². The lowest BCUT2D eigenvalue weighted by Gasteiger charge is -2.30. The van der Waals surface area contributed by atoms with Gasteiger partial charge in [0, 0.05) is 25.7 Å². The highest BCUT2D eigenvalue weighted by atomic mass is 32.2. The second kappa shape index (κ2) is 6.31. The smallest absolute Gasteiger partial charge is 0.246 e. The van der Waals surface area contributed by atoms with Crippen LogP contribution in [0.25, 0.3) is 5.69 Å². The van der Waals surface area contributed by atoms with E-state index in [1.165, 1.54) is 21.4 Å². The molecule has 1 aliphatic rings. The molecule has 124 valence electrons. The normalized spacial score (nSPS) is 19.7. The van der Waals surface area contributed by atoms with Crippen LogP contribution in [0.15, 0.2) is 41.6 Å². The lowest BCUT2D eigenvalue weighted by atomic mass is 10.3. The molecule has 2 aromatic rings. The molecule has 8 heteroatoms. The summed E-state index contributed by atoms with van der Waals surface area (Å²) in [5.41, 5.74) is 0.699. The summed E-state index contributed by atoms with van der Waals surface area (Å²) in [7, 11) is -1.96. The van der Waals surface area contributed by atoms with E-state index in [4.69, 9.17) is 4.74 Å². The summed E-state index contributed by atoms with van der Waals surface area (Å²) in [6, 6.07) is 7.48. The third-order valence-corrected chi connectivity index (χ3v) is 5.68. The Labute approximate surface area is 135 Å².